The average molecular weight is 299 g/mol. The van der Waals surface area contributed by atoms with Gasteiger partial charge >= 0.3 is 6.36 Å². The summed E-state index contributed by atoms with van der Waals surface area (Å²) < 4.78 is 41.8. The summed E-state index contributed by atoms with van der Waals surface area (Å²) >= 11 is 0. The first-order chi connectivity index (χ1) is 9.69. The molecule has 7 heteroatoms. The number of rotatable bonds is 3. The van der Waals surface area contributed by atoms with Gasteiger partial charge in [0, 0.05) is 18.2 Å². The molecule has 4 nitrogen and oxygen atoms in total. The molecule has 1 heterocycles. The molecule has 0 amide bonds. The van der Waals surface area contributed by atoms with Crippen molar-refractivity contribution < 1.29 is 17.9 Å². The second kappa shape index (κ2) is 5.31. The summed E-state index contributed by atoms with van der Waals surface area (Å²) in [5.74, 6) is 0.441. The molecule has 0 saturated heterocycles. The number of hydrogen-bond donors (Lipinski definition) is 1. The summed E-state index contributed by atoms with van der Waals surface area (Å²) in [5, 5.41) is 4.33. The summed E-state index contributed by atoms with van der Waals surface area (Å²) in [6.45, 7) is 3.97. The molecule has 0 aliphatic carbocycles. The zero-order valence-corrected chi connectivity index (χ0v) is 11.9. The quantitative estimate of drug-likeness (QED) is 0.940. The van der Waals surface area contributed by atoms with Crippen LogP contribution in [0.5, 0.6) is 5.75 Å². The van der Waals surface area contributed by atoms with Crippen molar-refractivity contribution in [1.29, 1.82) is 0 Å². The van der Waals surface area contributed by atoms with Gasteiger partial charge in [-0.15, -0.1) is 13.2 Å². The van der Waals surface area contributed by atoms with Crippen LogP contribution < -0.4 is 10.5 Å². The minimum atomic E-state index is -4.69. The van der Waals surface area contributed by atoms with E-state index in [2.05, 4.69) is 9.84 Å². The number of alkyl halides is 3. The van der Waals surface area contributed by atoms with Crippen LogP contribution in [0, 0.1) is 0 Å². The maximum atomic E-state index is 12.1. The lowest BCUT2D eigenvalue weighted by Gasteiger charge is -2.10. The van der Waals surface area contributed by atoms with Crippen molar-refractivity contribution in [2.75, 3.05) is 5.73 Å². The van der Waals surface area contributed by atoms with Crippen LogP contribution in [0.2, 0.25) is 0 Å². The van der Waals surface area contributed by atoms with Crippen LogP contribution in [-0.2, 0) is 7.05 Å². The zero-order valence-electron chi connectivity index (χ0n) is 11.9. The highest BCUT2D eigenvalue weighted by Crippen LogP contribution is 2.33. The maximum absolute atomic E-state index is 12.1. The molecule has 2 rings (SSSR count). The molecule has 1 aromatic heterocycles. The molecule has 0 aliphatic rings. The van der Waals surface area contributed by atoms with Crippen molar-refractivity contribution in [3.8, 4) is 17.0 Å². The van der Waals surface area contributed by atoms with Crippen LogP contribution in [0.25, 0.3) is 11.3 Å². The second-order valence-corrected chi connectivity index (χ2v) is 5.00. The number of aryl methyl sites for hydroxylation is 1. The van der Waals surface area contributed by atoms with Gasteiger partial charge in [-0.3, -0.25) is 4.68 Å². The number of nitrogens with two attached hydrogens (primary N) is 1. The van der Waals surface area contributed by atoms with E-state index in [4.69, 9.17) is 5.73 Å². The van der Waals surface area contributed by atoms with Crippen molar-refractivity contribution in [3.63, 3.8) is 0 Å². The molecule has 0 atom stereocenters. The van der Waals surface area contributed by atoms with Crippen molar-refractivity contribution >= 4 is 5.82 Å². The maximum Gasteiger partial charge on any atom is 0.573 e. The Morgan fingerprint density at radius 3 is 2.24 bits per heavy atom. The molecule has 114 valence electrons. The van der Waals surface area contributed by atoms with E-state index in [1.54, 1.807) is 11.7 Å². The molecular formula is C14H16F3N3O. The van der Waals surface area contributed by atoms with Crippen LogP contribution >= 0.6 is 0 Å². The fraction of sp³-hybridized carbons (Fsp3) is 0.357. The van der Waals surface area contributed by atoms with Crippen molar-refractivity contribution in [1.82, 2.24) is 9.78 Å². The third kappa shape index (κ3) is 3.29. The fourth-order valence-electron chi connectivity index (χ4n) is 2.15. The number of ether oxygens (including phenoxy) is 1. The van der Waals surface area contributed by atoms with E-state index in [9.17, 15) is 13.2 Å². The second-order valence-electron chi connectivity index (χ2n) is 5.00. The molecule has 1 aromatic carbocycles. The van der Waals surface area contributed by atoms with Gasteiger partial charge in [0.2, 0.25) is 0 Å². The van der Waals surface area contributed by atoms with Gasteiger partial charge in [-0.2, -0.15) is 5.10 Å². The van der Waals surface area contributed by atoms with E-state index in [1.807, 2.05) is 13.8 Å². The highest BCUT2D eigenvalue weighted by molar-refractivity contribution is 5.69. The molecule has 2 aromatic rings. The Hall–Kier alpha value is -2.18. The highest BCUT2D eigenvalue weighted by atomic mass is 19.4. The molecule has 0 spiro atoms. The van der Waals surface area contributed by atoms with Gasteiger partial charge in [0.1, 0.15) is 11.6 Å². The van der Waals surface area contributed by atoms with Crippen LogP contribution in [-0.4, -0.2) is 16.1 Å². The lowest BCUT2D eigenvalue weighted by atomic mass is 9.98. The minimum Gasteiger partial charge on any atom is -0.406 e. The van der Waals surface area contributed by atoms with Gasteiger partial charge in [-0.1, -0.05) is 13.8 Å². The summed E-state index contributed by atoms with van der Waals surface area (Å²) in [4.78, 5) is 0. The molecule has 0 fully saturated rings. The van der Waals surface area contributed by atoms with E-state index >= 15 is 0 Å². The number of nitrogen functional groups attached to an aromatic ring is 1. The topological polar surface area (TPSA) is 53.1 Å². The Morgan fingerprint density at radius 1 is 1.19 bits per heavy atom. The van der Waals surface area contributed by atoms with Gasteiger partial charge in [-0.25, -0.2) is 0 Å². The van der Waals surface area contributed by atoms with Crippen LogP contribution in [0.1, 0.15) is 25.3 Å². The number of aromatic nitrogens is 2. The Labute approximate surface area is 120 Å². The predicted octanol–water partition coefficient (Wildman–Crippen LogP) is 3.69. The Kier molecular flexibility index (Phi) is 3.85. The molecular weight excluding hydrogens is 283 g/mol. The number of halogens is 3. The highest BCUT2D eigenvalue weighted by Gasteiger charge is 2.31. The normalized spacial score (nSPS) is 12.0. The number of hydrogen-bond acceptors (Lipinski definition) is 3. The van der Waals surface area contributed by atoms with Gasteiger partial charge in [-0.05, 0) is 30.2 Å². The van der Waals surface area contributed by atoms with Gasteiger partial charge in [0.05, 0.1) is 5.69 Å². The van der Waals surface area contributed by atoms with E-state index in [-0.39, 0.29) is 11.7 Å². The SMILES string of the molecule is CC(C)c1c(-c2ccc(OC(F)(F)F)cc2)nn(C)c1N. The van der Waals surface area contributed by atoms with Gasteiger partial charge in [0.25, 0.3) is 0 Å². The molecule has 0 radical (unpaired) electrons. The first kappa shape index (κ1) is 15.2. The van der Waals surface area contributed by atoms with E-state index in [0.717, 1.165) is 5.56 Å². The molecule has 0 bridgehead atoms. The monoisotopic (exact) mass is 299 g/mol. The van der Waals surface area contributed by atoms with Crippen LogP contribution in [0.15, 0.2) is 24.3 Å². The Balaban J connectivity index is 2.38. The first-order valence-corrected chi connectivity index (χ1v) is 6.37. The smallest absolute Gasteiger partial charge is 0.406 e. The van der Waals surface area contributed by atoms with Crippen LogP contribution in [0.4, 0.5) is 19.0 Å². The summed E-state index contributed by atoms with van der Waals surface area (Å²) in [6, 6.07) is 5.60. The van der Waals surface area contributed by atoms with Gasteiger partial charge in [0.15, 0.2) is 0 Å². The Bertz CT molecular complexity index is 630. The zero-order chi connectivity index (χ0) is 15.8. The lowest BCUT2D eigenvalue weighted by molar-refractivity contribution is -0.274. The van der Waals surface area contributed by atoms with Crippen molar-refractivity contribution in [2.24, 2.45) is 7.05 Å². The fourth-order valence-corrected chi connectivity index (χ4v) is 2.15. The largest absolute Gasteiger partial charge is 0.573 e. The van der Waals surface area contributed by atoms with Crippen molar-refractivity contribution in [3.05, 3.63) is 29.8 Å². The molecule has 21 heavy (non-hydrogen) atoms. The van der Waals surface area contributed by atoms with E-state index in [0.29, 0.717) is 17.1 Å². The van der Waals surface area contributed by atoms with Gasteiger partial charge < -0.3 is 10.5 Å². The van der Waals surface area contributed by atoms with Crippen LogP contribution in [0.3, 0.4) is 0 Å². The average Bonchev–Trinajstić information content (AvgIpc) is 2.65. The molecule has 2 N–H and O–H groups in total. The predicted molar refractivity (Wildman–Crippen MR) is 73.8 cm³/mol. The standard InChI is InChI=1S/C14H16F3N3O/c1-8(2)11-12(19-20(3)13(11)18)9-4-6-10(7-5-9)21-14(15,16)17/h4-8H,18H2,1-3H3. The molecule has 0 saturated carbocycles. The number of anilines is 1. The van der Waals surface area contributed by atoms with E-state index < -0.39 is 6.36 Å². The molecule has 0 aliphatic heterocycles. The number of benzene rings is 1. The number of nitrogens with zero attached hydrogens (tertiary/aromatic N) is 2. The third-order valence-corrected chi connectivity index (χ3v) is 3.07. The van der Waals surface area contributed by atoms with Crippen molar-refractivity contribution in [2.45, 2.75) is 26.1 Å². The summed E-state index contributed by atoms with van der Waals surface area (Å²) in [5.41, 5.74) is 8.22. The summed E-state index contributed by atoms with van der Waals surface area (Å²) in [7, 11) is 1.73. The first-order valence-electron chi connectivity index (χ1n) is 6.37. The van der Waals surface area contributed by atoms with E-state index in [1.165, 1.54) is 24.3 Å². The Morgan fingerprint density at radius 2 is 1.76 bits per heavy atom. The summed E-state index contributed by atoms with van der Waals surface area (Å²) in [6.07, 6.45) is -4.69. The lowest BCUT2D eigenvalue weighted by Crippen LogP contribution is -2.16. The third-order valence-electron chi connectivity index (χ3n) is 3.07. The molecule has 0 unspecified atom stereocenters. The minimum absolute atomic E-state index is 0.153.